The number of ether oxygens (including phenoxy) is 1. The van der Waals surface area contributed by atoms with Crippen LogP contribution in [0.15, 0.2) is 29.3 Å². The first kappa shape index (κ1) is 16.7. The molecule has 22 heavy (non-hydrogen) atoms. The monoisotopic (exact) mass is 303 g/mol. The highest BCUT2D eigenvalue weighted by Gasteiger charge is 2.17. The summed E-state index contributed by atoms with van der Waals surface area (Å²) in [4.78, 5) is 4.32. The molecule has 0 aromatic heterocycles. The molecule has 2 N–H and O–H groups in total. The van der Waals surface area contributed by atoms with Gasteiger partial charge in [0.25, 0.3) is 0 Å². The number of guanidine groups is 1. The van der Waals surface area contributed by atoms with Crippen molar-refractivity contribution in [1.29, 1.82) is 0 Å². The number of para-hydroxylation sites is 1. The van der Waals surface area contributed by atoms with E-state index in [1.54, 1.807) is 0 Å². The Balaban J connectivity index is 1.95. The van der Waals surface area contributed by atoms with E-state index in [2.05, 4.69) is 42.5 Å². The molecule has 0 radical (unpaired) electrons. The van der Waals surface area contributed by atoms with E-state index in [4.69, 9.17) is 4.74 Å². The topological polar surface area (TPSA) is 45.7 Å². The Morgan fingerprint density at radius 3 is 2.55 bits per heavy atom. The highest BCUT2D eigenvalue weighted by atomic mass is 16.5. The Labute approximate surface area is 134 Å². The third kappa shape index (κ3) is 5.24. The number of hydrogen-bond acceptors (Lipinski definition) is 2. The van der Waals surface area contributed by atoms with Crippen LogP contribution in [0.3, 0.4) is 0 Å². The van der Waals surface area contributed by atoms with Crippen molar-refractivity contribution in [1.82, 2.24) is 10.6 Å². The largest absolute Gasteiger partial charge is 0.488 e. The number of benzene rings is 1. The second kappa shape index (κ2) is 7.52. The lowest BCUT2D eigenvalue weighted by Crippen LogP contribution is -2.42. The smallest absolute Gasteiger partial charge is 0.191 e. The number of nitrogens with zero attached hydrogens (tertiary/aromatic N) is 1. The normalized spacial score (nSPS) is 16.6. The third-order valence-electron chi connectivity index (χ3n) is 3.75. The highest BCUT2D eigenvalue weighted by Crippen LogP contribution is 2.23. The van der Waals surface area contributed by atoms with Crippen molar-refractivity contribution in [3.63, 3.8) is 0 Å². The highest BCUT2D eigenvalue weighted by molar-refractivity contribution is 5.80. The minimum Gasteiger partial charge on any atom is -0.488 e. The van der Waals surface area contributed by atoms with E-state index >= 15 is 0 Å². The first-order valence-corrected chi connectivity index (χ1v) is 8.22. The van der Waals surface area contributed by atoms with Crippen molar-refractivity contribution in [2.75, 3.05) is 7.05 Å². The van der Waals surface area contributed by atoms with Crippen LogP contribution in [0.2, 0.25) is 0 Å². The van der Waals surface area contributed by atoms with Gasteiger partial charge >= 0.3 is 0 Å². The van der Waals surface area contributed by atoms with Gasteiger partial charge in [0.2, 0.25) is 0 Å². The molecule has 0 atom stereocenters. The van der Waals surface area contributed by atoms with E-state index in [1.165, 1.54) is 25.7 Å². The molecule has 1 saturated carbocycles. The van der Waals surface area contributed by atoms with Crippen molar-refractivity contribution < 1.29 is 4.74 Å². The molecule has 2 rings (SSSR count). The summed E-state index contributed by atoms with van der Waals surface area (Å²) in [6.07, 6.45) is 5.11. The van der Waals surface area contributed by atoms with Gasteiger partial charge in [-0.2, -0.15) is 0 Å². The zero-order valence-electron chi connectivity index (χ0n) is 14.3. The Hall–Kier alpha value is -1.71. The lowest BCUT2D eigenvalue weighted by molar-refractivity contribution is 0.129. The fourth-order valence-corrected chi connectivity index (χ4v) is 2.72. The molecule has 0 aliphatic heterocycles. The molecule has 0 amide bonds. The Morgan fingerprint density at radius 2 is 1.91 bits per heavy atom. The molecule has 122 valence electrons. The molecule has 0 saturated heterocycles. The first-order chi connectivity index (χ1) is 10.5. The van der Waals surface area contributed by atoms with Crippen LogP contribution < -0.4 is 15.4 Å². The van der Waals surface area contributed by atoms with Gasteiger partial charge in [-0.05, 0) is 39.7 Å². The fraction of sp³-hybridized carbons (Fsp3) is 0.611. The molecule has 1 aromatic rings. The predicted molar refractivity (Wildman–Crippen MR) is 92.4 cm³/mol. The van der Waals surface area contributed by atoms with Gasteiger partial charge in [-0.1, -0.05) is 31.0 Å². The second-order valence-electron chi connectivity index (χ2n) is 6.87. The molecular weight excluding hydrogens is 274 g/mol. The van der Waals surface area contributed by atoms with E-state index in [-0.39, 0.29) is 5.60 Å². The van der Waals surface area contributed by atoms with Gasteiger partial charge in [0, 0.05) is 25.2 Å². The zero-order valence-corrected chi connectivity index (χ0v) is 14.3. The Bertz CT molecular complexity index is 499. The first-order valence-electron chi connectivity index (χ1n) is 8.22. The van der Waals surface area contributed by atoms with Crippen LogP contribution in [0.4, 0.5) is 0 Å². The fourth-order valence-electron chi connectivity index (χ4n) is 2.72. The second-order valence-corrected chi connectivity index (χ2v) is 6.87. The van der Waals surface area contributed by atoms with Gasteiger partial charge in [-0.25, -0.2) is 0 Å². The minimum absolute atomic E-state index is 0.195. The maximum absolute atomic E-state index is 6.03. The van der Waals surface area contributed by atoms with E-state index in [1.807, 2.05) is 25.2 Å². The molecule has 1 aliphatic rings. The summed E-state index contributed by atoms with van der Waals surface area (Å²) in [6.45, 7) is 6.91. The summed E-state index contributed by atoms with van der Waals surface area (Å²) in [5, 5.41) is 6.90. The average molecular weight is 303 g/mol. The van der Waals surface area contributed by atoms with Crippen molar-refractivity contribution >= 4 is 5.96 Å². The van der Waals surface area contributed by atoms with Crippen molar-refractivity contribution in [2.45, 2.75) is 64.6 Å². The van der Waals surface area contributed by atoms with Crippen LogP contribution in [0.1, 0.15) is 52.0 Å². The van der Waals surface area contributed by atoms with Crippen LogP contribution in [-0.4, -0.2) is 24.7 Å². The third-order valence-corrected chi connectivity index (χ3v) is 3.75. The molecule has 1 aromatic carbocycles. The predicted octanol–water partition coefficient (Wildman–Crippen LogP) is 3.47. The van der Waals surface area contributed by atoms with Crippen LogP contribution in [0.5, 0.6) is 5.75 Å². The summed E-state index contributed by atoms with van der Waals surface area (Å²) in [6, 6.07) is 8.73. The van der Waals surface area contributed by atoms with Crippen LogP contribution in [0.25, 0.3) is 0 Å². The summed E-state index contributed by atoms with van der Waals surface area (Å²) in [5.41, 5.74) is 0.951. The Morgan fingerprint density at radius 1 is 1.23 bits per heavy atom. The molecule has 1 fully saturated rings. The standard InChI is InChI=1S/C18H29N3O/c1-18(2,3)22-16-12-8-5-9-14(16)13-20-17(19-4)21-15-10-6-7-11-15/h5,8-9,12,15H,6-7,10-11,13H2,1-4H3,(H2,19,20,21). The maximum Gasteiger partial charge on any atom is 0.191 e. The number of nitrogens with one attached hydrogen (secondary N) is 2. The minimum atomic E-state index is -0.195. The molecule has 4 heteroatoms. The van der Waals surface area contributed by atoms with Crippen molar-refractivity contribution in [3.05, 3.63) is 29.8 Å². The average Bonchev–Trinajstić information content (AvgIpc) is 2.96. The van der Waals surface area contributed by atoms with Crippen LogP contribution in [-0.2, 0) is 6.54 Å². The summed E-state index contributed by atoms with van der Waals surface area (Å²) in [7, 11) is 1.82. The molecule has 0 unspecified atom stereocenters. The van der Waals surface area contributed by atoms with E-state index < -0.39 is 0 Å². The SMILES string of the molecule is CN=C(NCc1ccccc1OC(C)(C)C)NC1CCCC1. The molecular formula is C18H29N3O. The van der Waals surface area contributed by atoms with Gasteiger partial charge in [-0.3, -0.25) is 4.99 Å². The molecule has 1 aliphatic carbocycles. The summed E-state index contributed by atoms with van der Waals surface area (Å²) in [5.74, 6) is 1.80. The summed E-state index contributed by atoms with van der Waals surface area (Å²) < 4.78 is 6.03. The van der Waals surface area contributed by atoms with Crippen molar-refractivity contribution in [2.24, 2.45) is 4.99 Å². The number of aliphatic imine (C=N–C) groups is 1. The zero-order chi connectivity index (χ0) is 16.0. The molecule has 0 spiro atoms. The number of hydrogen-bond donors (Lipinski definition) is 2. The maximum atomic E-state index is 6.03. The lowest BCUT2D eigenvalue weighted by atomic mass is 10.1. The number of rotatable bonds is 4. The van der Waals surface area contributed by atoms with Gasteiger partial charge < -0.3 is 15.4 Å². The molecule has 4 nitrogen and oxygen atoms in total. The van der Waals surface area contributed by atoms with Gasteiger partial charge in [0.1, 0.15) is 11.4 Å². The van der Waals surface area contributed by atoms with Gasteiger partial charge in [0.05, 0.1) is 0 Å². The van der Waals surface area contributed by atoms with Crippen LogP contribution >= 0.6 is 0 Å². The van der Waals surface area contributed by atoms with E-state index in [9.17, 15) is 0 Å². The van der Waals surface area contributed by atoms with E-state index in [0.717, 1.165) is 17.3 Å². The molecule has 0 heterocycles. The van der Waals surface area contributed by atoms with Crippen molar-refractivity contribution in [3.8, 4) is 5.75 Å². The van der Waals surface area contributed by atoms with Gasteiger partial charge in [-0.15, -0.1) is 0 Å². The lowest BCUT2D eigenvalue weighted by Gasteiger charge is -2.24. The van der Waals surface area contributed by atoms with Crippen LogP contribution in [0, 0.1) is 0 Å². The van der Waals surface area contributed by atoms with E-state index in [0.29, 0.717) is 12.6 Å². The quantitative estimate of drug-likeness (QED) is 0.661. The summed E-state index contributed by atoms with van der Waals surface area (Å²) >= 11 is 0. The Kier molecular flexibility index (Phi) is 5.69. The molecule has 0 bridgehead atoms. The van der Waals surface area contributed by atoms with Gasteiger partial charge in [0.15, 0.2) is 5.96 Å².